The van der Waals surface area contributed by atoms with Crippen LogP contribution in [0.1, 0.15) is 12.8 Å². The molecular weight excluding hydrogens is 262 g/mol. The Kier molecular flexibility index (Phi) is 6.92. The van der Waals surface area contributed by atoms with E-state index in [0.717, 1.165) is 4.90 Å². The van der Waals surface area contributed by atoms with E-state index in [0.29, 0.717) is 0 Å². The molecule has 0 saturated carbocycles. The second-order valence-electron chi connectivity index (χ2n) is 3.85. The Hall–Kier alpha value is 1.24. The minimum atomic E-state index is -5.03. The maximum Gasteiger partial charge on any atom is 1.00 e. The standard InChI is InChI=1S/C7H11BF6N.K/c9-7(10,11)6-2-1-3-15(4-6)5-8(12,13)14;/h6H,1-5H2;/q-1;+1. The van der Waals surface area contributed by atoms with Crippen molar-refractivity contribution < 1.29 is 77.5 Å². The van der Waals surface area contributed by atoms with E-state index in [9.17, 15) is 26.1 Å². The first kappa shape index (κ1) is 17.2. The first-order chi connectivity index (χ1) is 6.68. The number of halogens is 6. The van der Waals surface area contributed by atoms with Crippen LogP contribution >= 0.6 is 0 Å². The van der Waals surface area contributed by atoms with Crippen molar-refractivity contribution in [2.45, 2.75) is 19.0 Å². The summed E-state index contributed by atoms with van der Waals surface area (Å²) in [6.07, 6.45) is -5.45. The van der Waals surface area contributed by atoms with Gasteiger partial charge in [0.25, 0.3) is 0 Å². The number of alkyl halides is 3. The molecule has 0 aromatic rings. The third-order valence-electron chi connectivity index (χ3n) is 2.43. The van der Waals surface area contributed by atoms with Gasteiger partial charge in [0.1, 0.15) is 0 Å². The summed E-state index contributed by atoms with van der Waals surface area (Å²) in [5, 5.41) is 0. The third kappa shape index (κ3) is 6.25. The van der Waals surface area contributed by atoms with E-state index < -0.39 is 32.1 Å². The Morgan fingerprint density at radius 1 is 1.19 bits per heavy atom. The number of hydrogen-bond acceptors (Lipinski definition) is 1. The zero-order valence-electron chi connectivity index (χ0n) is 8.91. The van der Waals surface area contributed by atoms with E-state index in [2.05, 4.69) is 0 Å². The second-order valence-corrected chi connectivity index (χ2v) is 3.85. The Balaban J connectivity index is 0.00000225. The molecule has 0 aliphatic carbocycles. The van der Waals surface area contributed by atoms with Crippen molar-refractivity contribution >= 4 is 6.98 Å². The van der Waals surface area contributed by atoms with Gasteiger partial charge < -0.3 is 17.8 Å². The van der Waals surface area contributed by atoms with Crippen molar-refractivity contribution in [1.82, 2.24) is 4.90 Å². The number of piperidine rings is 1. The third-order valence-corrected chi connectivity index (χ3v) is 2.43. The van der Waals surface area contributed by atoms with Gasteiger partial charge in [0.05, 0.1) is 5.92 Å². The Bertz CT molecular complexity index is 218. The summed E-state index contributed by atoms with van der Waals surface area (Å²) in [6.45, 7) is -5.45. The molecule has 0 N–H and O–H groups in total. The molecule has 1 heterocycles. The predicted octanol–water partition coefficient (Wildman–Crippen LogP) is -0.349. The zero-order valence-corrected chi connectivity index (χ0v) is 12.0. The molecule has 1 unspecified atom stereocenters. The van der Waals surface area contributed by atoms with Gasteiger partial charge in [-0.05, 0) is 25.8 Å². The van der Waals surface area contributed by atoms with Gasteiger partial charge in [-0.1, -0.05) is 0 Å². The van der Waals surface area contributed by atoms with Crippen LogP contribution in [0.2, 0.25) is 0 Å². The molecule has 9 heteroatoms. The monoisotopic (exact) mass is 273 g/mol. The van der Waals surface area contributed by atoms with E-state index in [4.69, 9.17) is 0 Å². The maximum absolute atomic E-state index is 12.2. The van der Waals surface area contributed by atoms with Crippen LogP contribution in [0.25, 0.3) is 0 Å². The smallest absolute Gasteiger partial charge is 0.448 e. The molecule has 1 aliphatic rings. The van der Waals surface area contributed by atoms with E-state index in [1.807, 2.05) is 0 Å². The van der Waals surface area contributed by atoms with Gasteiger partial charge in [-0.15, -0.1) is 0 Å². The molecular formula is C7H11BF6KN. The van der Waals surface area contributed by atoms with E-state index >= 15 is 0 Å². The molecule has 0 spiro atoms. The van der Waals surface area contributed by atoms with Gasteiger partial charge in [0.2, 0.25) is 0 Å². The average Bonchev–Trinajstić information content (AvgIpc) is 1.99. The largest absolute Gasteiger partial charge is 1.00 e. The van der Waals surface area contributed by atoms with Crippen LogP contribution in [0.5, 0.6) is 0 Å². The van der Waals surface area contributed by atoms with E-state index in [1.165, 1.54) is 0 Å². The van der Waals surface area contributed by atoms with Crippen LogP contribution in [0, 0.1) is 5.92 Å². The Labute approximate surface area is 132 Å². The first-order valence-electron chi connectivity index (χ1n) is 4.68. The molecule has 16 heavy (non-hydrogen) atoms. The van der Waals surface area contributed by atoms with Crippen LogP contribution in [0.3, 0.4) is 0 Å². The van der Waals surface area contributed by atoms with Crippen molar-refractivity contribution in [1.29, 1.82) is 0 Å². The molecule has 1 nitrogen and oxygen atoms in total. The van der Waals surface area contributed by atoms with Crippen LogP contribution < -0.4 is 51.4 Å². The molecule has 1 rings (SSSR count). The number of hydrogen-bond donors (Lipinski definition) is 0. The fourth-order valence-corrected chi connectivity index (χ4v) is 1.78. The van der Waals surface area contributed by atoms with Crippen molar-refractivity contribution in [2.24, 2.45) is 5.92 Å². The fourth-order valence-electron chi connectivity index (χ4n) is 1.78. The molecule has 0 aromatic carbocycles. The van der Waals surface area contributed by atoms with Gasteiger partial charge in [-0.2, -0.15) is 13.2 Å². The maximum atomic E-state index is 12.2. The van der Waals surface area contributed by atoms with Crippen molar-refractivity contribution in [3.05, 3.63) is 0 Å². The van der Waals surface area contributed by atoms with Gasteiger partial charge in [0.15, 0.2) is 0 Å². The summed E-state index contributed by atoms with van der Waals surface area (Å²) >= 11 is 0. The molecule has 0 bridgehead atoms. The van der Waals surface area contributed by atoms with Gasteiger partial charge in [-0.25, -0.2) is 0 Å². The Morgan fingerprint density at radius 2 is 1.75 bits per heavy atom. The molecule has 0 aromatic heterocycles. The summed E-state index contributed by atoms with van der Waals surface area (Å²) in [5.41, 5.74) is 0. The number of likely N-dealkylation sites (tertiary alicyclic amines) is 1. The van der Waals surface area contributed by atoms with Gasteiger partial charge >= 0.3 is 64.5 Å². The molecule has 1 aliphatic heterocycles. The van der Waals surface area contributed by atoms with Crippen LogP contribution in [-0.4, -0.2) is 37.6 Å². The fraction of sp³-hybridized carbons (Fsp3) is 1.00. The van der Waals surface area contributed by atoms with Crippen LogP contribution in [0.4, 0.5) is 26.1 Å². The summed E-state index contributed by atoms with van der Waals surface area (Å²) in [6, 6.07) is 0. The zero-order chi connectivity index (χ0) is 11.7. The first-order valence-corrected chi connectivity index (χ1v) is 4.68. The molecule has 1 fully saturated rings. The minimum Gasteiger partial charge on any atom is -0.448 e. The minimum absolute atomic E-state index is 0. The number of nitrogens with zero attached hydrogens (tertiary/aromatic N) is 1. The number of rotatable bonds is 2. The van der Waals surface area contributed by atoms with Gasteiger partial charge in [-0.3, -0.25) is 0 Å². The molecule has 0 radical (unpaired) electrons. The molecule has 90 valence electrons. The van der Waals surface area contributed by atoms with Crippen molar-refractivity contribution in [3.63, 3.8) is 0 Å². The van der Waals surface area contributed by atoms with Crippen molar-refractivity contribution in [2.75, 3.05) is 19.5 Å². The summed E-state index contributed by atoms with van der Waals surface area (Å²) < 4.78 is 72.7. The summed E-state index contributed by atoms with van der Waals surface area (Å²) in [5.74, 6) is -1.61. The predicted molar refractivity (Wildman–Crippen MR) is 44.3 cm³/mol. The topological polar surface area (TPSA) is 3.24 Å². The summed E-state index contributed by atoms with van der Waals surface area (Å²) in [7, 11) is 0. The average molecular weight is 273 g/mol. The van der Waals surface area contributed by atoms with Crippen LogP contribution in [0.15, 0.2) is 0 Å². The van der Waals surface area contributed by atoms with Crippen molar-refractivity contribution in [3.8, 4) is 0 Å². The quantitative estimate of drug-likeness (QED) is 0.491. The van der Waals surface area contributed by atoms with E-state index in [1.54, 1.807) is 0 Å². The molecule has 1 atom stereocenters. The molecule has 0 amide bonds. The SMILES string of the molecule is F[B-](F)(F)CN1CCCC(C(F)(F)F)C1.[K+]. The summed E-state index contributed by atoms with van der Waals surface area (Å²) in [4.78, 5) is 0.849. The van der Waals surface area contributed by atoms with Crippen LogP contribution in [-0.2, 0) is 0 Å². The second kappa shape index (κ2) is 6.42. The van der Waals surface area contributed by atoms with Gasteiger partial charge in [0, 0.05) is 6.54 Å². The normalized spacial score (nSPS) is 24.0. The Morgan fingerprint density at radius 3 is 2.19 bits per heavy atom. The van der Waals surface area contributed by atoms with E-state index in [-0.39, 0.29) is 70.8 Å². The molecule has 1 saturated heterocycles.